The van der Waals surface area contributed by atoms with Gasteiger partial charge >= 0.3 is 0 Å². The van der Waals surface area contributed by atoms with Crippen LogP contribution < -0.4 is 10.7 Å². The number of rotatable bonds is 5. The first-order valence-electron chi connectivity index (χ1n) is 10.8. The second-order valence-corrected chi connectivity index (χ2v) is 10.5. The largest absolute Gasteiger partial charge is 0.352 e. The summed E-state index contributed by atoms with van der Waals surface area (Å²) in [6.45, 7) is 14.5. The number of pyridine rings is 1. The van der Waals surface area contributed by atoms with E-state index in [1.807, 2.05) is 16.4 Å². The van der Waals surface area contributed by atoms with Gasteiger partial charge in [-0.2, -0.15) is 0 Å². The Bertz CT molecular complexity index is 871. The molecule has 6 nitrogen and oxygen atoms in total. The van der Waals surface area contributed by atoms with Crippen molar-refractivity contribution in [3.8, 4) is 0 Å². The minimum Gasteiger partial charge on any atom is -0.352 e. The molecule has 3 rings (SSSR count). The fourth-order valence-electron chi connectivity index (χ4n) is 5.58. The lowest BCUT2D eigenvalue weighted by Gasteiger charge is -2.39. The zero-order valence-corrected chi connectivity index (χ0v) is 18.7. The van der Waals surface area contributed by atoms with Crippen LogP contribution in [0, 0.1) is 16.7 Å². The fraction of sp³-hybridized carbons (Fsp3) is 0.696. The molecule has 2 amide bonds. The Kier molecular flexibility index (Phi) is 5.67. The van der Waals surface area contributed by atoms with Crippen LogP contribution in [0.1, 0.15) is 81.5 Å². The fourth-order valence-corrected chi connectivity index (χ4v) is 5.58. The van der Waals surface area contributed by atoms with Gasteiger partial charge in [0.1, 0.15) is 11.1 Å². The molecule has 6 heteroatoms. The van der Waals surface area contributed by atoms with Crippen LogP contribution in [0.25, 0.3) is 0 Å². The maximum Gasteiger partial charge on any atom is 0.259 e. The third kappa shape index (κ3) is 4.41. The van der Waals surface area contributed by atoms with Crippen LogP contribution in [0.5, 0.6) is 0 Å². The monoisotopic (exact) mass is 401 g/mol. The highest BCUT2D eigenvalue weighted by Crippen LogP contribution is 2.52. The molecule has 1 aromatic heterocycles. The van der Waals surface area contributed by atoms with E-state index in [4.69, 9.17) is 0 Å². The van der Waals surface area contributed by atoms with Crippen molar-refractivity contribution in [2.75, 3.05) is 13.1 Å². The molecule has 1 aliphatic carbocycles. The van der Waals surface area contributed by atoms with Gasteiger partial charge in [-0.3, -0.25) is 14.4 Å². The lowest BCUT2D eigenvalue weighted by atomic mass is 9.65. The Labute approximate surface area is 173 Å². The Hall–Kier alpha value is -2.11. The minimum absolute atomic E-state index is 0.0482. The van der Waals surface area contributed by atoms with E-state index < -0.39 is 11.3 Å². The lowest BCUT2D eigenvalue weighted by molar-refractivity contribution is 0.0706. The smallest absolute Gasteiger partial charge is 0.259 e. The normalized spacial score (nSPS) is 25.3. The summed E-state index contributed by atoms with van der Waals surface area (Å²) in [6, 6.07) is 0.155. The lowest BCUT2D eigenvalue weighted by Crippen LogP contribution is -2.41. The topological polar surface area (TPSA) is 71.4 Å². The van der Waals surface area contributed by atoms with Crippen molar-refractivity contribution >= 4 is 11.8 Å². The van der Waals surface area contributed by atoms with Crippen molar-refractivity contribution in [1.29, 1.82) is 0 Å². The Balaban J connectivity index is 2.01. The molecule has 1 saturated carbocycles. The molecule has 29 heavy (non-hydrogen) atoms. The second kappa shape index (κ2) is 7.62. The van der Waals surface area contributed by atoms with Gasteiger partial charge < -0.3 is 14.8 Å². The molecule has 2 atom stereocenters. The molecule has 1 saturated heterocycles. The zero-order chi connectivity index (χ0) is 21.6. The number of nitrogens with zero attached hydrogens (tertiary/aromatic N) is 2. The summed E-state index contributed by atoms with van der Waals surface area (Å²) in [7, 11) is 0. The van der Waals surface area contributed by atoms with E-state index in [2.05, 4.69) is 39.9 Å². The first kappa shape index (κ1) is 21.6. The molecule has 2 aliphatic rings. The van der Waals surface area contributed by atoms with Crippen LogP contribution in [0.3, 0.4) is 0 Å². The van der Waals surface area contributed by atoms with E-state index in [1.165, 1.54) is 0 Å². The Morgan fingerprint density at radius 2 is 1.83 bits per heavy atom. The van der Waals surface area contributed by atoms with Gasteiger partial charge in [-0.15, -0.1) is 0 Å². The first-order chi connectivity index (χ1) is 13.4. The van der Waals surface area contributed by atoms with Crippen molar-refractivity contribution in [2.24, 2.45) is 16.7 Å². The molecular formula is C23H35N3O3. The summed E-state index contributed by atoms with van der Waals surface area (Å²) in [5.74, 6) is -0.323. The summed E-state index contributed by atoms with van der Waals surface area (Å²) < 4.78 is 1.82. The highest BCUT2D eigenvalue weighted by Gasteiger charge is 2.51. The van der Waals surface area contributed by atoms with Crippen LogP contribution >= 0.6 is 0 Å². The number of carbonyl (C=O) groups is 2. The second-order valence-electron chi connectivity index (χ2n) is 10.5. The SMILES string of the molecule is CCNC(=O)c1cn(CC(C)C)cc(C(=O)N2C[C@]3(C)C[C@@H]2CC(C)(C)C3)c1=O. The summed E-state index contributed by atoms with van der Waals surface area (Å²) in [6.07, 6.45) is 6.24. The predicted molar refractivity (Wildman–Crippen MR) is 114 cm³/mol. The quantitative estimate of drug-likeness (QED) is 0.823. The summed E-state index contributed by atoms with van der Waals surface area (Å²) in [5, 5.41) is 2.70. The average molecular weight is 402 g/mol. The standard InChI is InChI=1S/C23H35N3O3/c1-7-24-20(28)17-11-25(10-15(2)3)12-18(19(17)27)21(29)26-14-23(6)9-16(26)8-22(4,5)13-23/h11-12,15-16H,7-10,13-14H2,1-6H3,(H,24,28)/t16-,23+/m0/s1. The van der Waals surface area contributed by atoms with Crippen molar-refractivity contribution in [1.82, 2.24) is 14.8 Å². The molecule has 2 bridgehead atoms. The molecule has 160 valence electrons. The van der Waals surface area contributed by atoms with E-state index in [9.17, 15) is 14.4 Å². The van der Waals surface area contributed by atoms with Crippen molar-refractivity contribution in [3.63, 3.8) is 0 Å². The van der Waals surface area contributed by atoms with E-state index in [-0.39, 0.29) is 33.9 Å². The van der Waals surface area contributed by atoms with Crippen LogP contribution in [0.15, 0.2) is 17.2 Å². The molecule has 0 spiro atoms. The average Bonchev–Trinajstić information content (AvgIpc) is 2.84. The van der Waals surface area contributed by atoms with Crippen LogP contribution in [0.4, 0.5) is 0 Å². The van der Waals surface area contributed by atoms with Gasteiger partial charge in [0.2, 0.25) is 5.43 Å². The maximum absolute atomic E-state index is 13.5. The Morgan fingerprint density at radius 1 is 1.17 bits per heavy atom. The number of fused-ring (bicyclic) bond motifs is 2. The van der Waals surface area contributed by atoms with E-state index in [0.717, 1.165) is 19.3 Å². The number of amides is 2. The van der Waals surface area contributed by atoms with Gasteiger partial charge in [0.05, 0.1) is 0 Å². The molecule has 2 fully saturated rings. The molecule has 0 unspecified atom stereocenters. The highest BCUT2D eigenvalue weighted by atomic mass is 16.2. The summed E-state index contributed by atoms with van der Waals surface area (Å²) in [4.78, 5) is 41.0. The number of carbonyl (C=O) groups excluding carboxylic acids is 2. The highest BCUT2D eigenvalue weighted by molar-refractivity contribution is 5.99. The van der Waals surface area contributed by atoms with Gasteiger partial charge in [0.25, 0.3) is 11.8 Å². The third-order valence-corrected chi connectivity index (χ3v) is 6.14. The van der Waals surface area contributed by atoms with Gasteiger partial charge in [-0.1, -0.05) is 34.6 Å². The van der Waals surface area contributed by atoms with Gasteiger partial charge in [0.15, 0.2) is 0 Å². The van der Waals surface area contributed by atoms with Crippen molar-refractivity contribution < 1.29 is 9.59 Å². The third-order valence-electron chi connectivity index (χ3n) is 6.14. The molecule has 0 radical (unpaired) electrons. The molecular weight excluding hydrogens is 366 g/mol. The predicted octanol–water partition coefficient (Wildman–Crippen LogP) is 3.29. The van der Waals surface area contributed by atoms with Gasteiger partial charge in [-0.25, -0.2) is 0 Å². The van der Waals surface area contributed by atoms with Gasteiger partial charge in [-0.05, 0) is 42.9 Å². The minimum atomic E-state index is -0.466. The maximum atomic E-state index is 13.5. The van der Waals surface area contributed by atoms with E-state index in [0.29, 0.717) is 25.6 Å². The number of hydrogen-bond donors (Lipinski definition) is 1. The molecule has 1 aromatic rings. The zero-order valence-electron chi connectivity index (χ0n) is 18.7. The molecule has 1 aliphatic heterocycles. The molecule has 2 heterocycles. The summed E-state index contributed by atoms with van der Waals surface area (Å²) >= 11 is 0. The van der Waals surface area contributed by atoms with Crippen molar-refractivity contribution in [2.45, 2.75) is 73.4 Å². The molecule has 1 N–H and O–H groups in total. The van der Waals surface area contributed by atoms with Crippen LogP contribution in [-0.2, 0) is 6.54 Å². The number of hydrogen-bond acceptors (Lipinski definition) is 3. The first-order valence-corrected chi connectivity index (χ1v) is 10.8. The number of likely N-dealkylation sites (tertiary alicyclic amines) is 1. The molecule has 0 aromatic carbocycles. The summed E-state index contributed by atoms with van der Waals surface area (Å²) in [5.41, 5.74) is -0.0221. The van der Waals surface area contributed by atoms with E-state index in [1.54, 1.807) is 12.4 Å². The number of aromatic nitrogens is 1. The van der Waals surface area contributed by atoms with Crippen molar-refractivity contribution in [3.05, 3.63) is 33.7 Å². The van der Waals surface area contributed by atoms with Crippen LogP contribution in [-0.4, -0.2) is 40.4 Å². The van der Waals surface area contributed by atoms with Gasteiger partial charge in [0, 0.05) is 38.1 Å². The van der Waals surface area contributed by atoms with E-state index >= 15 is 0 Å². The number of nitrogens with one attached hydrogen (secondary N) is 1. The Morgan fingerprint density at radius 3 is 2.45 bits per heavy atom. The van der Waals surface area contributed by atoms with Crippen LogP contribution in [0.2, 0.25) is 0 Å².